The van der Waals surface area contributed by atoms with E-state index < -0.39 is 6.04 Å². The van der Waals surface area contributed by atoms with Gasteiger partial charge in [0.1, 0.15) is 6.04 Å². The van der Waals surface area contributed by atoms with Gasteiger partial charge in [-0.25, -0.2) is 0 Å². The second-order valence-electron chi connectivity index (χ2n) is 7.19. The molecule has 1 aliphatic heterocycles. The first-order valence-electron chi connectivity index (χ1n) is 10.2. The molecule has 1 amide bonds. The maximum absolute atomic E-state index is 13.1. The average Bonchev–Trinajstić information content (AvgIpc) is 2.77. The standard InChI is InChI=1S/C24H28N2O4/c1-4-5-11-25-24(28)19-15-26-23(20(27)12-16-9-7-6-8-10-16)18-14-22(30-3)21(29-2)13-17(18)19/h6-10,13-15,23,26H,4-5,11-12H2,1-3H3,(H,25,28). The van der Waals surface area contributed by atoms with E-state index in [9.17, 15) is 9.59 Å². The Bertz CT molecular complexity index is 938. The molecule has 1 aliphatic rings. The number of ketones is 1. The third-order valence-electron chi connectivity index (χ3n) is 5.15. The van der Waals surface area contributed by atoms with Gasteiger partial charge in [-0.05, 0) is 35.2 Å². The van der Waals surface area contributed by atoms with Crippen LogP contribution in [0, 0.1) is 0 Å². The van der Waals surface area contributed by atoms with Crippen LogP contribution in [0.1, 0.15) is 42.5 Å². The Morgan fingerprint density at radius 3 is 2.43 bits per heavy atom. The predicted octanol–water partition coefficient (Wildman–Crippen LogP) is 3.42. The molecule has 0 fully saturated rings. The van der Waals surface area contributed by atoms with Crippen LogP contribution in [0.3, 0.4) is 0 Å². The molecule has 0 saturated carbocycles. The normalized spacial score (nSPS) is 14.8. The second kappa shape index (κ2) is 9.96. The van der Waals surface area contributed by atoms with E-state index in [-0.39, 0.29) is 18.1 Å². The summed E-state index contributed by atoms with van der Waals surface area (Å²) >= 11 is 0. The summed E-state index contributed by atoms with van der Waals surface area (Å²) in [5, 5.41) is 6.08. The van der Waals surface area contributed by atoms with Crippen molar-refractivity contribution in [1.82, 2.24) is 10.6 Å². The number of amides is 1. The molecular formula is C24H28N2O4. The number of carbonyl (C=O) groups excluding carboxylic acids is 2. The summed E-state index contributed by atoms with van der Waals surface area (Å²) in [6.45, 7) is 2.68. The van der Waals surface area contributed by atoms with Gasteiger partial charge in [0.2, 0.25) is 0 Å². The highest BCUT2D eigenvalue weighted by atomic mass is 16.5. The molecule has 0 aromatic heterocycles. The zero-order valence-corrected chi connectivity index (χ0v) is 17.7. The maximum Gasteiger partial charge on any atom is 0.253 e. The number of ether oxygens (including phenoxy) is 2. The molecule has 2 aromatic rings. The van der Waals surface area contributed by atoms with Crippen LogP contribution in [0.15, 0.2) is 48.7 Å². The zero-order chi connectivity index (χ0) is 21.5. The number of benzene rings is 2. The van der Waals surface area contributed by atoms with Crippen LogP contribution in [-0.4, -0.2) is 32.5 Å². The largest absolute Gasteiger partial charge is 0.493 e. The average molecular weight is 408 g/mol. The topological polar surface area (TPSA) is 76.7 Å². The van der Waals surface area contributed by atoms with Crippen molar-refractivity contribution >= 4 is 17.3 Å². The van der Waals surface area contributed by atoms with E-state index in [1.165, 1.54) is 0 Å². The van der Waals surface area contributed by atoms with E-state index in [0.29, 0.717) is 34.7 Å². The highest BCUT2D eigenvalue weighted by Crippen LogP contribution is 2.39. The number of methoxy groups -OCH3 is 2. The Hall–Kier alpha value is -3.28. The number of Topliss-reactive ketones (excluding diaryl/α,β-unsaturated/α-hetero) is 1. The van der Waals surface area contributed by atoms with Crippen molar-refractivity contribution in [3.8, 4) is 11.5 Å². The Balaban J connectivity index is 1.95. The van der Waals surface area contributed by atoms with Crippen molar-refractivity contribution < 1.29 is 19.1 Å². The van der Waals surface area contributed by atoms with Crippen LogP contribution >= 0.6 is 0 Å². The lowest BCUT2D eigenvalue weighted by molar-refractivity contribution is -0.120. The number of fused-ring (bicyclic) bond motifs is 1. The lowest BCUT2D eigenvalue weighted by Gasteiger charge is -2.27. The molecule has 0 saturated heterocycles. The van der Waals surface area contributed by atoms with Crippen molar-refractivity contribution in [1.29, 1.82) is 0 Å². The monoisotopic (exact) mass is 408 g/mol. The SMILES string of the molecule is CCCCNC(=O)C1=CNC(C(=O)Cc2ccccc2)c2cc(OC)c(OC)cc21. The summed E-state index contributed by atoms with van der Waals surface area (Å²) < 4.78 is 10.9. The molecule has 6 nitrogen and oxygen atoms in total. The van der Waals surface area contributed by atoms with Gasteiger partial charge in [0.15, 0.2) is 17.3 Å². The van der Waals surface area contributed by atoms with E-state index in [4.69, 9.17) is 9.47 Å². The zero-order valence-electron chi connectivity index (χ0n) is 17.7. The van der Waals surface area contributed by atoms with Crippen LogP contribution in [0.25, 0.3) is 5.57 Å². The summed E-state index contributed by atoms with van der Waals surface area (Å²) in [4.78, 5) is 25.9. The van der Waals surface area contributed by atoms with Crippen molar-refractivity contribution in [2.45, 2.75) is 32.2 Å². The molecule has 30 heavy (non-hydrogen) atoms. The smallest absolute Gasteiger partial charge is 0.253 e. The molecule has 0 bridgehead atoms. The molecule has 0 aliphatic carbocycles. The lowest BCUT2D eigenvalue weighted by Crippen LogP contribution is -2.34. The van der Waals surface area contributed by atoms with Crippen LogP contribution in [0.2, 0.25) is 0 Å². The van der Waals surface area contributed by atoms with Crippen LogP contribution in [0.4, 0.5) is 0 Å². The Morgan fingerprint density at radius 2 is 1.77 bits per heavy atom. The van der Waals surface area contributed by atoms with Gasteiger partial charge < -0.3 is 20.1 Å². The number of hydrogen-bond donors (Lipinski definition) is 2. The van der Waals surface area contributed by atoms with Crippen molar-refractivity contribution in [2.24, 2.45) is 0 Å². The molecule has 0 spiro atoms. The number of nitrogens with one attached hydrogen (secondary N) is 2. The molecule has 158 valence electrons. The summed E-state index contributed by atoms with van der Waals surface area (Å²) in [7, 11) is 3.10. The highest BCUT2D eigenvalue weighted by Gasteiger charge is 2.31. The first-order chi connectivity index (χ1) is 14.6. The van der Waals surface area contributed by atoms with Gasteiger partial charge in [0.25, 0.3) is 5.91 Å². The molecule has 2 N–H and O–H groups in total. The molecule has 1 heterocycles. The van der Waals surface area contributed by atoms with Gasteiger partial charge in [-0.2, -0.15) is 0 Å². The fraction of sp³-hybridized carbons (Fsp3) is 0.333. The Labute approximate surface area is 177 Å². The van der Waals surface area contributed by atoms with Crippen LogP contribution in [0.5, 0.6) is 11.5 Å². The van der Waals surface area contributed by atoms with Crippen molar-refractivity contribution in [2.75, 3.05) is 20.8 Å². The molecule has 6 heteroatoms. The first-order valence-corrected chi connectivity index (χ1v) is 10.2. The van der Waals surface area contributed by atoms with Gasteiger partial charge in [-0.15, -0.1) is 0 Å². The third-order valence-corrected chi connectivity index (χ3v) is 5.15. The van der Waals surface area contributed by atoms with E-state index in [2.05, 4.69) is 17.6 Å². The summed E-state index contributed by atoms with van der Waals surface area (Å²) in [6.07, 6.45) is 3.82. The highest BCUT2D eigenvalue weighted by molar-refractivity contribution is 6.20. The fourth-order valence-corrected chi connectivity index (χ4v) is 3.53. The lowest BCUT2D eigenvalue weighted by atomic mass is 9.87. The number of unbranched alkanes of at least 4 members (excludes halogenated alkanes) is 1. The molecule has 0 radical (unpaired) electrons. The van der Waals surface area contributed by atoms with Gasteiger partial charge in [-0.1, -0.05) is 43.7 Å². The third kappa shape index (κ3) is 4.64. The van der Waals surface area contributed by atoms with Gasteiger partial charge in [0, 0.05) is 19.2 Å². The Morgan fingerprint density at radius 1 is 1.07 bits per heavy atom. The minimum atomic E-state index is -0.577. The molecule has 3 rings (SSSR count). The van der Waals surface area contributed by atoms with Crippen LogP contribution < -0.4 is 20.1 Å². The number of hydrogen-bond acceptors (Lipinski definition) is 5. The Kier molecular flexibility index (Phi) is 7.12. The quantitative estimate of drug-likeness (QED) is 0.622. The predicted molar refractivity (Wildman–Crippen MR) is 116 cm³/mol. The van der Waals surface area contributed by atoms with Gasteiger partial charge in [0.05, 0.1) is 19.8 Å². The van der Waals surface area contributed by atoms with E-state index in [1.54, 1.807) is 32.6 Å². The summed E-state index contributed by atoms with van der Waals surface area (Å²) in [5.74, 6) is 0.859. The van der Waals surface area contributed by atoms with Crippen molar-refractivity contribution in [3.05, 3.63) is 65.4 Å². The van der Waals surface area contributed by atoms with Crippen LogP contribution in [-0.2, 0) is 16.0 Å². The van der Waals surface area contributed by atoms with E-state index >= 15 is 0 Å². The minimum Gasteiger partial charge on any atom is -0.493 e. The van der Waals surface area contributed by atoms with E-state index in [0.717, 1.165) is 18.4 Å². The minimum absolute atomic E-state index is 0.0105. The first kappa shape index (κ1) is 21.4. The summed E-state index contributed by atoms with van der Waals surface area (Å²) in [5.41, 5.74) is 2.80. The maximum atomic E-state index is 13.1. The molecular weight excluding hydrogens is 380 g/mol. The van der Waals surface area contributed by atoms with E-state index in [1.807, 2.05) is 30.3 Å². The molecule has 1 atom stereocenters. The molecule has 2 aromatic carbocycles. The second-order valence-corrected chi connectivity index (χ2v) is 7.19. The summed E-state index contributed by atoms with van der Waals surface area (Å²) in [6, 6.07) is 12.6. The number of carbonyl (C=O) groups is 2. The van der Waals surface area contributed by atoms with Crippen molar-refractivity contribution in [3.63, 3.8) is 0 Å². The molecule has 1 unspecified atom stereocenters. The van der Waals surface area contributed by atoms with Gasteiger partial charge >= 0.3 is 0 Å². The van der Waals surface area contributed by atoms with Gasteiger partial charge in [-0.3, -0.25) is 9.59 Å². The number of rotatable bonds is 9. The fourth-order valence-electron chi connectivity index (χ4n) is 3.53.